The van der Waals surface area contributed by atoms with E-state index in [-0.39, 0.29) is 136 Å². The van der Waals surface area contributed by atoms with Crippen LogP contribution >= 0.6 is 15.2 Å². The molecule has 0 aromatic carbocycles. The van der Waals surface area contributed by atoms with Crippen molar-refractivity contribution in [2.45, 2.75) is 37.7 Å². The molecule has 0 saturated carbocycles. The third-order valence-corrected chi connectivity index (χ3v) is 6.78. The molecule has 0 rings (SSSR count). The Bertz CT molecular complexity index is 375. The zero-order valence-corrected chi connectivity index (χ0v) is 25.4. The van der Waals surface area contributed by atoms with Gasteiger partial charge in [0.2, 0.25) is 0 Å². The molecular weight excluding hydrogens is 404 g/mol. The van der Waals surface area contributed by atoms with E-state index in [1.165, 1.54) is 0 Å². The molecule has 0 radical (unpaired) electrons. The Hall–Kier alpha value is 4.18. The van der Waals surface area contributed by atoms with Crippen LogP contribution < -0.4 is 118 Å². The Morgan fingerprint density at radius 2 is 1.29 bits per heavy atom. The van der Waals surface area contributed by atoms with Gasteiger partial charge in [-0.1, -0.05) is 19.8 Å². The van der Waals surface area contributed by atoms with E-state index in [4.69, 9.17) is 19.6 Å². The van der Waals surface area contributed by atoms with Crippen LogP contribution in [0.2, 0.25) is 0 Å². The fourth-order valence-corrected chi connectivity index (χ4v) is 3.69. The van der Waals surface area contributed by atoms with Gasteiger partial charge in [-0.25, -0.2) is 0 Å². The van der Waals surface area contributed by atoms with Gasteiger partial charge in [0.05, 0.1) is 0 Å². The van der Waals surface area contributed by atoms with Crippen LogP contribution in [0.4, 0.5) is 0 Å². The molecule has 0 fully saturated rings. The van der Waals surface area contributed by atoms with E-state index in [2.05, 4.69) is 0 Å². The summed E-state index contributed by atoms with van der Waals surface area (Å²) in [6, 6.07) is 0. The number of rotatable bonds is 9. The van der Waals surface area contributed by atoms with Crippen LogP contribution in [0.3, 0.4) is 0 Å². The molecule has 0 bridgehead atoms. The summed E-state index contributed by atoms with van der Waals surface area (Å²) in [5.74, 6) is 0. The Labute approximate surface area is 237 Å². The summed E-state index contributed by atoms with van der Waals surface area (Å²) in [5, 5.41) is 6.35. The number of unbranched alkanes of at least 4 members (excludes halogenated alkanes) is 2. The minimum Gasteiger partial charge on any atom is -1.00 e. The Balaban J connectivity index is -0.0000000450. The molecule has 132 valence electrons. The second-order valence-electron chi connectivity index (χ2n) is 4.62. The van der Waals surface area contributed by atoms with Gasteiger partial charge in [0.15, 0.2) is 0 Å². The first-order valence-electron chi connectivity index (χ1n) is 5.98. The third kappa shape index (κ3) is 15.1. The van der Waals surface area contributed by atoms with Gasteiger partial charge < -0.3 is 40.8 Å². The molecule has 0 amide bonds. The minimum absolute atomic E-state index is 0. The summed E-state index contributed by atoms with van der Waals surface area (Å²) in [4.78, 5) is 37.5. The maximum atomic E-state index is 11.1. The maximum absolute atomic E-state index is 11.1. The van der Waals surface area contributed by atoms with Crippen LogP contribution in [0.25, 0.3) is 0 Å². The van der Waals surface area contributed by atoms with Crippen molar-refractivity contribution in [3.05, 3.63) is 0 Å². The van der Waals surface area contributed by atoms with Crippen molar-refractivity contribution in [1.82, 2.24) is 4.90 Å². The van der Waals surface area contributed by atoms with Crippen molar-refractivity contribution in [2.75, 3.05) is 20.1 Å². The standard InChI is InChI=1S/C9H23NO7P2.4Na.H2O.4H/c1-3-4-5-7-10(2)8-6-9(11,18(12,13)14)19(15,16)17;;;;;;;;;/h11H,3-8H2,1-2H3,(H2,12,13,14)(H2,15,16,17);;;;;1H2;;;;/q;4*+1;;4*-1. The average Bonchev–Trinajstić information content (AvgIpc) is 2.23. The first kappa shape index (κ1) is 42.3. The normalized spacial score (nSPS) is 11.2. The summed E-state index contributed by atoms with van der Waals surface area (Å²) in [5.41, 5.74) is 0. The second-order valence-corrected chi connectivity index (χ2v) is 8.63. The molecule has 0 unspecified atom stereocenters. The van der Waals surface area contributed by atoms with E-state index in [0.717, 1.165) is 19.3 Å². The van der Waals surface area contributed by atoms with E-state index in [9.17, 15) is 14.2 Å². The summed E-state index contributed by atoms with van der Waals surface area (Å²) >= 11 is 0. The molecular formula is C9H29NNa4O8P2. The smallest absolute Gasteiger partial charge is 1.00 e. The predicted molar refractivity (Wildman–Crippen MR) is 78.7 cm³/mol. The SMILES string of the molecule is CCCCCN(C)CCC(O)(P(=O)(O)O)P(=O)(O)O.O.[H-].[H-].[H-].[H-].[Na+].[Na+].[Na+].[Na+]. The molecule has 0 aromatic heterocycles. The van der Waals surface area contributed by atoms with Crippen LogP contribution in [-0.4, -0.2) is 60.3 Å². The molecule has 9 nitrogen and oxygen atoms in total. The molecule has 0 heterocycles. The largest absolute Gasteiger partial charge is 1.00 e. The zero-order valence-electron chi connectivity index (χ0n) is 19.6. The molecule has 0 aromatic rings. The van der Waals surface area contributed by atoms with Gasteiger partial charge >= 0.3 is 133 Å². The molecule has 0 aliphatic rings. The molecule has 0 saturated heterocycles. The van der Waals surface area contributed by atoms with E-state index < -0.39 is 26.7 Å². The van der Waals surface area contributed by atoms with Gasteiger partial charge in [-0.3, -0.25) is 9.13 Å². The monoisotopic (exact) mass is 433 g/mol. The number of aliphatic hydroxyl groups is 1. The van der Waals surface area contributed by atoms with E-state index in [1.54, 1.807) is 11.9 Å². The first-order chi connectivity index (χ1) is 8.45. The van der Waals surface area contributed by atoms with Gasteiger partial charge in [-0.05, 0) is 20.0 Å². The van der Waals surface area contributed by atoms with E-state index in [0.29, 0.717) is 6.54 Å². The number of hydrogen-bond acceptors (Lipinski definition) is 4. The third-order valence-electron chi connectivity index (χ3n) is 2.91. The number of hydrogen-bond donors (Lipinski definition) is 5. The quantitative estimate of drug-likeness (QED) is 0.136. The van der Waals surface area contributed by atoms with Gasteiger partial charge in [0.25, 0.3) is 5.08 Å². The van der Waals surface area contributed by atoms with Gasteiger partial charge in [0.1, 0.15) is 0 Å². The molecule has 0 spiro atoms. The van der Waals surface area contributed by atoms with Crippen molar-refractivity contribution in [2.24, 2.45) is 0 Å². The molecule has 0 aliphatic carbocycles. The van der Waals surface area contributed by atoms with Gasteiger partial charge in [0, 0.05) is 13.0 Å². The van der Waals surface area contributed by atoms with Crippen LogP contribution in [0.5, 0.6) is 0 Å². The van der Waals surface area contributed by atoms with E-state index >= 15 is 0 Å². The van der Waals surface area contributed by atoms with Crippen molar-refractivity contribution in [1.29, 1.82) is 0 Å². The average molecular weight is 433 g/mol. The zero-order chi connectivity index (χ0) is 15.3. The fourth-order valence-electron chi connectivity index (χ4n) is 1.55. The van der Waals surface area contributed by atoms with Crippen molar-refractivity contribution in [3.63, 3.8) is 0 Å². The minimum atomic E-state index is -5.33. The molecule has 7 N–H and O–H groups in total. The van der Waals surface area contributed by atoms with Gasteiger partial charge in [-0.2, -0.15) is 0 Å². The molecule has 24 heavy (non-hydrogen) atoms. The summed E-state index contributed by atoms with van der Waals surface area (Å²) < 4.78 is 22.2. The predicted octanol–water partition coefficient (Wildman–Crippen LogP) is -11.9. The summed E-state index contributed by atoms with van der Waals surface area (Å²) in [6.07, 6.45) is 2.19. The van der Waals surface area contributed by atoms with Crippen molar-refractivity contribution < 1.29 is 163 Å². The Morgan fingerprint density at radius 3 is 1.58 bits per heavy atom. The van der Waals surface area contributed by atoms with Gasteiger partial charge in [-0.15, -0.1) is 0 Å². The molecule has 15 heteroatoms. The fraction of sp³-hybridized carbons (Fsp3) is 1.00. The Kier molecular flexibility index (Phi) is 33.8. The van der Waals surface area contributed by atoms with Crippen LogP contribution in [-0.2, 0) is 9.13 Å². The Morgan fingerprint density at radius 1 is 0.917 bits per heavy atom. The topological polar surface area (TPSA) is 170 Å². The van der Waals surface area contributed by atoms with Crippen molar-refractivity contribution in [3.8, 4) is 0 Å². The first-order valence-corrected chi connectivity index (χ1v) is 9.20. The van der Waals surface area contributed by atoms with E-state index in [1.807, 2.05) is 6.92 Å². The molecule has 0 atom stereocenters. The summed E-state index contributed by atoms with van der Waals surface area (Å²) in [7, 11) is -9.00. The van der Waals surface area contributed by atoms with Crippen LogP contribution in [0, 0.1) is 0 Å². The van der Waals surface area contributed by atoms with Crippen LogP contribution in [0.1, 0.15) is 38.3 Å². The molecule has 0 aliphatic heterocycles. The summed E-state index contributed by atoms with van der Waals surface area (Å²) in [6.45, 7) is 2.64. The maximum Gasteiger partial charge on any atom is 1.00 e. The van der Waals surface area contributed by atoms with Crippen LogP contribution in [0.15, 0.2) is 0 Å². The number of nitrogens with zero attached hydrogens (tertiary/aromatic N) is 1. The van der Waals surface area contributed by atoms with Crippen molar-refractivity contribution >= 4 is 15.2 Å². The second kappa shape index (κ2) is 19.2.